The van der Waals surface area contributed by atoms with E-state index in [-0.39, 0.29) is 5.91 Å². The molecule has 0 unspecified atom stereocenters. The molecule has 1 saturated heterocycles. The monoisotopic (exact) mass is 296 g/mol. The van der Waals surface area contributed by atoms with Crippen molar-refractivity contribution >= 4 is 5.91 Å². The maximum absolute atomic E-state index is 12.4. The molecule has 1 aromatic heterocycles. The molecule has 0 N–H and O–H groups in total. The number of carbonyl (C=O) groups is 1. The maximum Gasteiger partial charge on any atom is 0.227 e. The number of likely N-dealkylation sites (tertiary alicyclic amines) is 1. The van der Waals surface area contributed by atoms with Crippen LogP contribution in [0.2, 0.25) is 0 Å². The Morgan fingerprint density at radius 2 is 1.82 bits per heavy atom. The van der Waals surface area contributed by atoms with Crippen molar-refractivity contribution in [3.8, 4) is 0 Å². The molecule has 0 radical (unpaired) electrons. The van der Waals surface area contributed by atoms with Crippen molar-refractivity contribution in [2.24, 2.45) is 13.0 Å². The first-order valence-corrected chi connectivity index (χ1v) is 8.13. The highest BCUT2D eigenvalue weighted by Gasteiger charge is 2.23. The molecule has 3 heteroatoms. The first-order chi connectivity index (χ1) is 10.7. The van der Waals surface area contributed by atoms with Crippen LogP contribution in [0.1, 0.15) is 24.0 Å². The summed E-state index contributed by atoms with van der Waals surface area (Å²) in [5.41, 5.74) is 2.52. The van der Waals surface area contributed by atoms with Gasteiger partial charge in [0, 0.05) is 32.5 Å². The third-order valence-electron chi connectivity index (χ3n) is 4.58. The van der Waals surface area contributed by atoms with Gasteiger partial charge >= 0.3 is 0 Å². The van der Waals surface area contributed by atoms with Gasteiger partial charge in [0.05, 0.1) is 6.42 Å². The highest BCUT2D eigenvalue weighted by molar-refractivity contribution is 5.78. The fraction of sp³-hybridized carbons (Fsp3) is 0.421. The summed E-state index contributed by atoms with van der Waals surface area (Å²) < 4.78 is 1.99. The first kappa shape index (κ1) is 14.9. The van der Waals surface area contributed by atoms with Crippen molar-refractivity contribution in [1.29, 1.82) is 0 Å². The standard InChI is InChI=1S/C19H24N2O/c1-20-10-7-18(15-20)14-19(22)21-11-8-17(9-12-21)13-16-5-3-2-4-6-16/h2-7,10,15,17H,8-9,11-14H2,1H3. The average molecular weight is 296 g/mol. The summed E-state index contributed by atoms with van der Waals surface area (Å²) in [6.07, 6.45) is 7.94. The van der Waals surface area contributed by atoms with E-state index in [4.69, 9.17) is 0 Å². The third kappa shape index (κ3) is 3.79. The van der Waals surface area contributed by atoms with Gasteiger partial charge in [0.15, 0.2) is 0 Å². The normalized spacial score (nSPS) is 16.0. The third-order valence-corrected chi connectivity index (χ3v) is 4.58. The predicted octanol–water partition coefficient (Wildman–Crippen LogP) is 3.05. The predicted molar refractivity (Wildman–Crippen MR) is 88.6 cm³/mol. The average Bonchev–Trinajstić information content (AvgIpc) is 2.94. The highest BCUT2D eigenvalue weighted by atomic mass is 16.2. The molecule has 2 heterocycles. The largest absolute Gasteiger partial charge is 0.357 e. The molecule has 0 spiro atoms. The van der Waals surface area contributed by atoms with E-state index in [9.17, 15) is 4.79 Å². The molecule has 22 heavy (non-hydrogen) atoms. The number of carbonyl (C=O) groups excluding carboxylic acids is 1. The number of amides is 1. The van der Waals surface area contributed by atoms with Gasteiger partial charge in [0.2, 0.25) is 5.91 Å². The van der Waals surface area contributed by atoms with E-state index in [2.05, 4.69) is 30.3 Å². The van der Waals surface area contributed by atoms with Crippen LogP contribution in [0.15, 0.2) is 48.8 Å². The Balaban J connectivity index is 1.48. The first-order valence-electron chi connectivity index (χ1n) is 8.13. The summed E-state index contributed by atoms with van der Waals surface area (Å²) in [5, 5.41) is 0. The van der Waals surface area contributed by atoms with Crippen LogP contribution < -0.4 is 0 Å². The van der Waals surface area contributed by atoms with Gasteiger partial charge in [-0.05, 0) is 42.4 Å². The van der Waals surface area contributed by atoms with E-state index in [0.717, 1.165) is 37.9 Å². The van der Waals surface area contributed by atoms with Crippen molar-refractivity contribution in [3.05, 3.63) is 59.9 Å². The number of benzene rings is 1. The van der Waals surface area contributed by atoms with Gasteiger partial charge in [-0.1, -0.05) is 30.3 Å². The van der Waals surface area contributed by atoms with Gasteiger partial charge < -0.3 is 9.47 Å². The topological polar surface area (TPSA) is 25.2 Å². The van der Waals surface area contributed by atoms with Gasteiger partial charge in [-0.25, -0.2) is 0 Å². The summed E-state index contributed by atoms with van der Waals surface area (Å²) in [7, 11) is 1.99. The minimum absolute atomic E-state index is 0.268. The van der Waals surface area contributed by atoms with E-state index in [1.807, 2.05) is 35.0 Å². The lowest BCUT2D eigenvalue weighted by Gasteiger charge is -2.32. The molecule has 116 valence electrons. The molecule has 3 rings (SSSR count). The molecule has 0 aliphatic carbocycles. The van der Waals surface area contributed by atoms with Crippen LogP contribution in [0.25, 0.3) is 0 Å². The second kappa shape index (κ2) is 6.82. The molecule has 1 aliphatic heterocycles. The number of hydrogen-bond donors (Lipinski definition) is 0. The van der Waals surface area contributed by atoms with Crippen LogP contribution in [0.3, 0.4) is 0 Å². The summed E-state index contributed by atoms with van der Waals surface area (Å²) in [6.45, 7) is 1.81. The molecule has 0 atom stereocenters. The Morgan fingerprint density at radius 1 is 1.09 bits per heavy atom. The Bertz CT molecular complexity index is 609. The molecule has 1 fully saturated rings. The molecule has 0 bridgehead atoms. The van der Waals surface area contributed by atoms with Gasteiger partial charge in [-0.15, -0.1) is 0 Å². The van der Waals surface area contributed by atoms with Gasteiger partial charge in [0.25, 0.3) is 0 Å². The molecular formula is C19H24N2O. The van der Waals surface area contributed by atoms with Crippen molar-refractivity contribution in [2.75, 3.05) is 13.1 Å². The van der Waals surface area contributed by atoms with E-state index in [1.54, 1.807) is 0 Å². The van der Waals surface area contributed by atoms with Crippen LogP contribution in [0.5, 0.6) is 0 Å². The van der Waals surface area contributed by atoms with E-state index in [0.29, 0.717) is 12.3 Å². The highest BCUT2D eigenvalue weighted by Crippen LogP contribution is 2.22. The molecule has 2 aromatic rings. The van der Waals surface area contributed by atoms with E-state index in [1.165, 1.54) is 5.56 Å². The second-order valence-corrected chi connectivity index (χ2v) is 6.38. The molecule has 0 saturated carbocycles. The lowest BCUT2D eigenvalue weighted by atomic mass is 9.90. The lowest BCUT2D eigenvalue weighted by Crippen LogP contribution is -2.39. The van der Waals surface area contributed by atoms with Gasteiger partial charge in [-0.3, -0.25) is 4.79 Å². The zero-order valence-electron chi connectivity index (χ0n) is 13.2. The van der Waals surface area contributed by atoms with Crippen molar-refractivity contribution in [1.82, 2.24) is 9.47 Å². The van der Waals surface area contributed by atoms with Crippen LogP contribution in [0.4, 0.5) is 0 Å². The Hall–Kier alpha value is -2.03. The lowest BCUT2D eigenvalue weighted by molar-refractivity contribution is -0.131. The summed E-state index contributed by atoms with van der Waals surface area (Å²) in [6, 6.07) is 12.7. The zero-order chi connectivity index (χ0) is 15.4. The van der Waals surface area contributed by atoms with Crippen LogP contribution in [-0.2, 0) is 24.7 Å². The molecule has 1 aliphatic rings. The number of nitrogens with zero attached hydrogens (tertiary/aromatic N) is 2. The van der Waals surface area contributed by atoms with Crippen LogP contribution in [-0.4, -0.2) is 28.5 Å². The fourth-order valence-corrected chi connectivity index (χ4v) is 3.29. The molecule has 1 aromatic carbocycles. The summed E-state index contributed by atoms with van der Waals surface area (Å²) >= 11 is 0. The van der Waals surface area contributed by atoms with Crippen molar-refractivity contribution in [2.45, 2.75) is 25.7 Å². The number of hydrogen-bond acceptors (Lipinski definition) is 1. The zero-order valence-corrected chi connectivity index (χ0v) is 13.2. The molecule has 1 amide bonds. The van der Waals surface area contributed by atoms with Gasteiger partial charge in [-0.2, -0.15) is 0 Å². The number of piperidine rings is 1. The SMILES string of the molecule is Cn1ccc(CC(=O)N2CCC(Cc3ccccc3)CC2)c1. The Kier molecular flexibility index (Phi) is 4.62. The van der Waals surface area contributed by atoms with E-state index >= 15 is 0 Å². The summed E-state index contributed by atoms with van der Waals surface area (Å²) in [5.74, 6) is 0.979. The van der Waals surface area contributed by atoms with E-state index < -0.39 is 0 Å². The summed E-state index contributed by atoms with van der Waals surface area (Å²) in [4.78, 5) is 14.4. The maximum atomic E-state index is 12.4. The Labute approximate surface area is 132 Å². The fourth-order valence-electron chi connectivity index (χ4n) is 3.29. The smallest absolute Gasteiger partial charge is 0.227 e. The van der Waals surface area contributed by atoms with Crippen molar-refractivity contribution < 1.29 is 4.79 Å². The van der Waals surface area contributed by atoms with Gasteiger partial charge in [0.1, 0.15) is 0 Å². The Morgan fingerprint density at radius 3 is 2.45 bits per heavy atom. The minimum atomic E-state index is 0.268. The molecular weight excluding hydrogens is 272 g/mol. The second-order valence-electron chi connectivity index (χ2n) is 6.38. The minimum Gasteiger partial charge on any atom is -0.357 e. The number of aryl methyl sites for hydroxylation is 1. The van der Waals surface area contributed by atoms with Crippen LogP contribution >= 0.6 is 0 Å². The van der Waals surface area contributed by atoms with Crippen LogP contribution in [0, 0.1) is 5.92 Å². The number of rotatable bonds is 4. The quantitative estimate of drug-likeness (QED) is 0.851. The molecule has 3 nitrogen and oxygen atoms in total. The number of aromatic nitrogens is 1. The van der Waals surface area contributed by atoms with Crippen molar-refractivity contribution in [3.63, 3.8) is 0 Å².